The standard InChI is InChI=1S/C18H24ClN3O2S/c1-12-15(13(2)24-21-12)10-25-11-18(23)20-9-17(22(3)4)14-7-5-6-8-16(14)19/h5-8,17H,9-11H2,1-4H3,(H,20,23). The van der Waals surface area contributed by atoms with Crippen molar-refractivity contribution >= 4 is 29.3 Å². The maximum absolute atomic E-state index is 12.2. The quantitative estimate of drug-likeness (QED) is 0.757. The number of likely N-dealkylation sites (N-methyl/N-ethyl adjacent to an activating group) is 1. The summed E-state index contributed by atoms with van der Waals surface area (Å²) in [7, 11) is 3.96. The monoisotopic (exact) mass is 381 g/mol. The Kier molecular flexibility index (Phi) is 7.35. The third kappa shape index (κ3) is 5.49. The first-order chi connectivity index (χ1) is 11.9. The molecular weight excluding hydrogens is 358 g/mol. The first-order valence-electron chi connectivity index (χ1n) is 8.07. The van der Waals surface area contributed by atoms with E-state index in [1.54, 1.807) is 11.8 Å². The summed E-state index contributed by atoms with van der Waals surface area (Å²) in [6.07, 6.45) is 0. The first-order valence-corrected chi connectivity index (χ1v) is 9.60. The minimum absolute atomic E-state index is 0.00987. The fraction of sp³-hybridized carbons (Fsp3) is 0.444. The van der Waals surface area contributed by atoms with E-state index in [1.807, 2.05) is 52.2 Å². The van der Waals surface area contributed by atoms with E-state index in [4.69, 9.17) is 16.1 Å². The molecule has 0 aliphatic heterocycles. The number of nitrogens with zero attached hydrogens (tertiary/aromatic N) is 2. The fourth-order valence-corrected chi connectivity index (χ4v) is 3.80. The zero-order valence-corrected chi connectivity index (χ0v) is 16.6. The summed E-state index contributed by atoms with van der Waals surface area (Å²) < 4.78 is 5.14. The number of hydrogen-bond acceptors (Lipinski definition) is 5. The molecule has 5 nitrogen and oxygen atoms in total. The molecule has 0 fully saturated rings. The zero-order chi connectivity index (χ0) is 18.4. The SMILES string of the molecule is Cc1noc(C)c1CSCC(=O)NCC(c1ccccc1Cl)N(C)C. The fourth-order valence-electron chi connectivity index (χ4n) is 2.53. The zero-order valence-electron chi connectivity index (χ0n) is 15.0. The lowest BCUT2D eigenvalue weighted by atomic mass is 10.1. The normalized spacial score (nSPS) is 12.4. The Hall–Kier alpha value is -1.50. The second-order valence-electron chi connectivity index (χ2n) is 6.10. The van der Waals surface area contributed by atoms with Crippen LogP contribution in [0.1, 0.15) is 28.6 Å². The van der Waals surface area contributed by atoms with Gasteiger partial charge in [-0.3, -0.25) is 4.79 Å². The van der Waals surface area contributed by atoms with Gasteiger partial charge in [-0.05, 0) is 39.6 Å². The number of carbonyl (C=O) groups excluding carboxylic acids is 1. The number of thioether (sulfide) groups is 1. The van der Waals surface area contributed by atoms with Crippen molar-refractivity contribution in [1.82, 2.24) is 15.4 Å². The minimum atomic E-state index is 0.00987. The summed E-state index contributed by atoms with van der Waals surface area (Å²) in [5.41, 5.74) is 2.97. The molecule has 2 aromatic rings. The van der Waals surface area contributed by atoms with Gasteiger partial charge in [-0.2, -0.15) is 0 Å². The van der Waals surface area contributed by atoms with E-state index < -0.39 is 0 Å². The summed E-state index contributed by atoms with van der Waals surface area (Å²) in [6.45, 7) is 4.32. The van der Waals surface area contributed by atoms with Crippen LogP contribution >= 0.6 is 23.4 Å². The maximum Gasteiger partial charge on any atom is 0.230 e. The summed E-state index contributed by atoms with van der Waals surface area (Å²) >= 11 is 7.85. The molecule has 0 aliphatic carbocycles. The lowest BCUT2D eigenvalue weighted by molar-refractivity contribution is -0.118. The molecule has 0 radical (unpaired) electrons. The number of benzene rings is 1. The van der Waals surface area contributed by atoms with Gasteiger partial charge < -0.3 is 14.7 Å². The van der Waals surface area contributed by atoms with Crippen LogP contribution in [0, 0.1) is 13.8 Å². The van der Waals surface area contributed by atoms with Gasteiger partial charge in [0, 0.05) is 22.9 Å². The smallest absolute Gasteiger partial charge is 0.230 e. The predicted molar refractivity (Wildman–Crippen MR) is 103 cm³/mol. The lowest BCUT2D eigenvalue weighted by Gasteiger charge is -2.26. The van der Waals surface area contributed by atoms with Gasteiger partial charge in [-0.1, -0.05) is 35.0 Å². The minimum Gasteiger partial charge on any atom is -0.361 e. The molecule has 1 N–H and O–H groups in total. The number of rotatable bonds is 8. The molecule has 25 heavy (non-hydrogen) atoms. The van der Waals surface area contributed by atoms with E-state index in [-0.39, 0.29) is 11.9 Å². The van der Waals surface area contributed by atoms with Gasteiger partial charge in [0.1, 0.15) is 5.76 Å². The third-order valence-electron chi connectivity index (χ3n) is 4.04. The van der Waals surface area contributed by atoms with Gasteiger partial charge in [-0.25, -0.2) is 0 Å². The number of aromatic nitrogens is 1. The predicted octanol–water partition coefficient (Wildman–Crippen LogP) is 3.60. The Morgan fingerprint density at radius 2 is 2.08 bits per heavy atom. The molecule has 1 aromatic carbocycles. The summed E-state index contributed by atoms with van der Waals surface area (Å²) in [5, 5.41) is 7.64. The van der Waals surface area contributed by atoms with Crippen molar-refractivity contribution in [2.75, 3.05) is 26.4 Å². The van der Waals surface area contributed by atoms with Crippen LogP contribution in [0.15, 0.2) is 28.8 Å². The molecule has 1 amide bonds. The van der Waals surface area contributed by atoms with E-state index in [0.717, 1.165) is 28.3 Å². The second-order valence-corrected chi connectivity index (χ2v) is 7.49. The number of amides is 1. The van der Waals surface area contributed by atoms with Gasteiger partial charge in [0.05, 0.1) is 17.5 Å². The first kappa shape index (κ1) is 19.8. The van der Waals surface area contributed by atoms with Gasteiger partial charge in [0.2, 0.25) is 5.91 Å². The molecule has 0 saturated carbocycles. The molecule has 7 heteroatoms. The van der Waals surface area contributed by atoms with Crippen LogP contribution < -0.4 is 5.32 Å². The molecule has 0 bridgehead atoms. The van der Waals surface area contributed by atoms with Gasteiger partial charge >= 0.3 is 0 Å². The molecule has 1 unspecified atom stereocenters. The van der Waals surface area contributed by atoms with Crippen molar-refractivity contribution < 1.29 is 9.32 Å². The van der Waals surface area contributed by atoms with Crippen LogP contribution in [0.25, 0.3) is 0 Å². The highest BCUT2D eigenvalue weighted by atomic mass is 35.5. The maximum atomic E-state index is 12.2. The lowest BCUT2D eigenvalue weighted by Crippen LogP contribution is -2.35. The van der Waals surface area contributed by atoms with Crippen molar-refractivity contribution in [2.24, 2.45) is 0 Å². The van der Waals surface area contributed by atoms with Crippen molar-refractivity contribution in [2.45, 2.75) is 25.6 Å². The van der Waals surface area contributed by atoms with Crippen LogP contribution in [0.3, 0.4) is 0 Å². The highest BCUT2D eigenvalue weighted by Crippen LogP contribution is 2.25. The van der Waals surface area contributed by atoms with Crippen molar-refractivity contribution in [3.63, 3.8) is 0 Å². The van der Waals surface area contributed by atoms with Crippen LogP contribution in [0.4, 0.5) is 0 Å². The molecule has 0 aliphatic rings. The van der Waals surface area contributed by atoms with Gasteiger partial charge in [0.15, 0.2) is 0 Å². The Balaban J connectivity index is 1.84. The number of hydrogen-bond donors (Lipinski definition) is 1. The Morgan fingerprint density at radius 3 is 2.68 bits per heavy atom. The van der Waals surface area contributed by atoms with Crippen molar-refractivity contribution in [3.8, 4) is 0 Å². The molecule has 0 spiro atoms. The molecule has 1 atom stereocenters. The van der Waals surface area contributed by atoms with Crippen LogP contribution in [-0.4, -0.2) is 42.4 Å². The number of halogens is 1. The Morgan fingerprint density at radius 1 is 1.36 bits per heavy atom. The number of aryl methyl sites for hydroxylation is 2. The van der Waals surface area contributed by atoms with E-state index >= 15 is 0 Å². The molecule has 136 valence electrons. The highest BCUT2D eigenvalue weighted by molar-refractivity contribution is 7.99. The van der Waals surface area contributed by atoms with E-state index in [9.17, 15) is 4.79 Å². The van der Waals surface area contributed by atoms with Gasteiger partial charge in [-0.15, -0.1) is 11.8 Å². The molecule has 0 saturated heterocycles. The average Bonchev–Trinajstić information content (AvgIpc) is 2.88. The topological polar surface area (TPSA) is 58.4 Å². The average molecular weight is 382 g/mol. The number of nitrogens with one attached hydrogen (secondary N) is 1. The van der Waals surface area contributed by atoms with E-state index in [2.05, 4.69) is 15.4 Å². The van der Waals surface area contributed by atoms with Crippen LogP contribution in [0.2, 0.25) is 5.02 Å². The van der Waals surface area contributed by atoms with Crippen LogP contribution in [-0.2, 0) is 10.5 Å². The largest absolute Gasteiger partial charge is 0.361 e. The highest BCUT2D eigenvalue weighted by Gasteiger charge is 2.18. The molecular formula is C18H24ClN3O2S. The summed E-state index contributed by atoms with van der Waals surface area (Å²) in [5.74, 6) is 1.94. The van der Waals surface area contributed by atoms with Crippen molar-refractivity contribution in [1.29, 1.82) is 0 Å². The summed E-state index contributed by atoms with van der Waals surface area (Å²) in [4.78, 5) is 14.2. The molecule has 1 aromatic heterocycles. The molecule has 2 rings (SSSR count). The Labute approximate surface area is 158 Å². The van der Waals surface area contributed by atoms with Crippen molar-refractivity contribution in [3.05, 3.63) is 51.9 Å². The summed E-state index contributed by atoms with van der Waals surface area (Å²) in [6, 6.07) is 7.76. The number of carbonyl (C=O) groups is 1. The second kappa shape index (κ2) is 9.27. The van der Waals surface area contributed by atoms with E-state index in [1.165, 1.54) is 0 Å². The molecule has 1 heterocycles. The van der Waals surface area contributed by atoms with Crippen LogP contribution in [0.5, 0.6) is 0 Å². The van der Waals surface area contributed by atoms with Gasteiger partial charge in [0.25, 0.3) is 0 Å². The van der Waals surface area contributed by atoms with E-state index in [0.29, 0.717) is 17.3 Å². The third-order valence-corrected chi connectivity index (χ3v) is 5.34. The Bertz CT molecular complexity index is 699.